The van der Waals surface area contributed by atoms with E-state index in [1.807, 2.05) is 0 Å². The molecule has 1 amide bonds. The Morgan fingerprint density at radius 1 is 1.38 bits per heavy atom. The number of hydrogen-bond acceptors (Lipinski definition) is 6. The van der Waals surface area contributed by atoms with Gasteiger partial charge in [0.15, 0.2) is 15.7 Å². The molecule has 8 nitrogen and oxygen atoms in total. The third-order valence-electron chi connectivity index (χ3n) is 4.14. The second-order valence-corrected chi connectivity index (χ2v) is 9.00. The normalized spacial score (nSPS) is 15.4. The first-order valence-electron chi connectivity index (χ1n) is 7.91. The summed E-state index contributed by atoms with van der Waals surface area (Å²) in [6.07, 6.45) is 4.31. The second-order valence-electron chi connectivity index (χ2n) is 6.24. The van der Waals surface area contributed by atoms with Gasteiger partial charge in [-0.15, -0.1) is 10.2 Å². The number of likely N-dealkylation sites (tertiary alicyclic amines) is 1. The van der Waals surface area contributed by atoms with Gasteiger partial charge in [-0.25, -0.2) is 8.42 Å². The number of halogens is 1. The Balaban J connectivity index is 1.71. The van der Waals surface area contributed by atoms with Crippen LogP contribution < -0.4 is 0 Å². The number of carbonyl (C=O) groups is 1. The highest BCUT2D eigenvalue weighted by molar-refractivity contribution is 7.91. The van der Waals surface area contributed by atoms with Crippen LogP contribution in [0.25, 0.3) is 6.08 Å². The smallest absolute Gasteiger partial charge is 0.246 e. The van der Waals surface area contributed by atoms with Crippen molar-refractivity contribution in [1.82, 2.24) is 25.1 Å². The second kappa shape index (κ2) is 7.16. The highest BCUT2D eigenvalue weighted by Gasteiger charge is 2.36. The number of nitrogens with zero attached hydrogens (tertiary/aromatic N) is 5. The molecule has 0 atom stereocenters. The molecule has 1 aromatic carbocycles. The van der Waals surface area contributed by atoms with Crippen LogP contribution in [-0.2, 0) is 21.2 Å². The molecule has 0 N–H and O–H groups in total. The molecule has 0 unspecified atom stereocenters. The van der Waals surface area contributed by atoms with E-state index in [9.17, 15) is 13.2 Å². The number of amides is 1. The van der Waals surface area contributed by atoms with E-state index >= 15 is 0 Å². The summed E-state index contributed by atoms with van der Waals surface area (Å²) in [4.78, 5) is 15.1. The van der Waals surface area contributed by atoms with Gasteiger partial charge in [0.25, 0.3) is 0 Å². The molecule has 26 heavy (non-hydrogen) atoms. The van der Waals surface area contributed by atoms with Crippen LogP contribution >= 0.6 is 11.6 Å². The summed E-state index contributed by atoms with van der Waals surface area (Å²) in [5, 5.41) is 12.0. The zero-order chi connectivity index (χ0) is 18.9. The lowest BCUT2D eigenvalue weighted by atomic mass is 10.1. The van der Waals surface area contributed by atoms with E-state index in [4.69, 9.17) is 11.6 Å². The standard InChI is InChI=1S/C16H18ClN5O3S/c1-11-18-20-22(19-11)8-13-7-14(17)5-3-12(13)4-6-16(23)21-9-15(10-21)26(2,24)25/h3-7,15H,8-10H2,1-2H3/b6-4+. The predicted octanol–water partition coefficient (Wildman–Crippen LogP) is 0.952. The highest BCUT2D eigenvalue weighted by Crippen LogP contribution is 2.20. The average Bonchev–Trinajstić information content (AvgIpc) is 2.88. The monoisotopic (exact) mass is 395 g/mol. The van der Waals surface area contributed by atoms with E-state index in [0.29, 0.717) is 17.4 Å². The maximum Gasteiger partial charge on any atom is 0.246 e. The van der Waals surface area contributed by atoms with E-state index in [2.05, 4.69) is 15.4 Å². The van der Waals surface area contributed by atoms with Crippen LogP contribution in [0, 0.1) is 6.92 Å². The van der Waals surface area contributed by atoms with Gasteiger partial charge in [-0.05, 0) is 41.5 Å². The molecule has 0 bridgehead atoms. The molecule has 2 heterocycles. The van der Waals surface area contributed by atoms with Crippen molar-refractivity contribution in [3.05, 3.63) is 46.2 Å². The van der Waals surface area contributed by atoms with Crippen molar-refractivity contribution < 1.29 is 13.2 Å². The molecule has 0 spiro atoms. The number of aryl methyl sites for hydroxylation is 1. The van der Waals surface area contributed by atoms with Crippen molar-refractivity contribution in [2.45, 2.75) is 18.7 Å². The molecule has 2 aromatic rings. The van der Waals surface area contributed by atoms with Crippen LogP contribution in [0.3, 0.4) is 0 Å². The Kier molecular flexibility index (Phi) is 5.10. The Hall–Kier alpha value is -2.26. The van der Waals surface area contributed by atoms with Gasteiger partial charge in [0.1, 0.15) is 0 Å². The van der Waals surface area contributed by atoms with E-state index < -0.39 is 15.1 Å². The summed E-state index contributed by atoms with van der Waals surface area (Å²) >= 11 is 6.07. The van der Waals surface area contributed by atoms with E-state index in [-0.39, 0.29) is 19.0 Å². The first-order valence-corrected chi connectivity index (χ1v) is 10.2. The van der Waals surface area contributed by atoms with Crippen molar-refractivity contribution in [3.8, 4) is 0 Å². The third-order valence-corrected chi connectivity index (χ3v) is 5.88. The van der Waals surface area contributed by atoms with Gasteiger partial charge < -0.3 is 4.90 Å². The van der Waals surface area contributed by atoms with Crippen LogP contribution in [0.15, 0.2) is 24.3 Å². The first-order chi connectivity index (χ1) is 12.2. The number of sulfone groups is 1. The van der Waals surface area contributed by atoms with Gasteiger partial charge in [0, 0.05) is 30.4 Å². The zero-order valence-corrected chi connectivity index (χ0v) is 15.9. The molecule has 0 radical (unpaired) electrons. The summed E-state index contributed by atoms with van der Waals surface area (Å²) in [7, 11) is -3.10. The number of carbonyl (C=O) groups excluding carboxylic acids is 1. The van der Waals surface area contributed by atoms with Crippen LogP contribution in [0.2, 0.25) is 5.02 Å². The molecule has 1 saturated heterocycles. The maximum absolute atomic E-state index is 12.2. The lowest BCUT2D eigenvalue weighted by molar-refractivity contribution is -0.128. The SMILES string of the molecule is Cc1nnn(Cc2cc(Cl)ccc2/C=C/C(=O)N2CC(S(C)(=O)=O)C2)n1. The summed E-state index contributed by atoms with van der Waals surface area (Å²) in [6.45, 7) is 2.59. The Morgan fingerprint density at radius 3 is 2.73 bits per heavy atom. The molecule has 1 aliphatic heterocycles. The number of tetrazole rings is 1. The van der Waals surface area contributed by atoms with Crippen molar-refractivity contribution in [2.24, 2.45) is 0 Å². The molecule has 1 aromatic heterocycles. The van der Waals surface area contributed by atoms with Crippen LogP contribution in [0.5, 0.6) is 0 Å². The minimum atomic E-state index is -3.10. The molecule has 0 aliphatic carbocycles. The molecule has 138 valence electrons. The Bertz CT molecular complexity index is 964. The van der Waals surface area contributed by atoms with Gasteiger partial charge in [-0.3, -0.25) is 4.79 Å². The minimum absolute atomic E-state index is 0.222. The fourth-order valence-corrected chi connectivity index (χ4v) is 3.67. The molecule has 1 aliphatic rings. The average molecular weight is 396 g/mol. The maximum atomic E-state index is 12.2. The minimum Gasteiger partial charge on any atom is -0.336 e. The lowest BCUT2D eigenvalue weighted by Gasteiger charge is -2.37. The third kappa shape index (κ3) is 4.28. The van der Waals surface area contributed by atoms with Crippen molar-refractivity contribution in [1.29, 1.82) is 0 Å². The Labute approximate surface area is 156 Å². The topological polar surface area (TPSA) is 98.0 Å². The Morgan fingerprint density at radius 2 is 2.12 bits per heavy atom. The van der Waals surface area contributed by atoms with Gasteiger partial charge in [-0.2, -0.15) is 4.80 Å². The fourth-order valence-electron chi connectivity index (χ4n) is 2.57. The van der Waals surface area contributed by atoms with Crippen LogP contribution in [0.4, 0.5) is 0 Å². The number of aromatic nitrogens is 4. The van der Waals surface area contributed by atoms with E-state index in [0.717, 1.165) is 11.1 Å². The highest BCUT2D eigenvalue weighted by atomic mass is 35.5. The summed E-state index contributed by atoms with van der Waals surface area (Å²) < 4.78 is 22.9. The fraction of sp³-hybridized carbons (Fsp3) is 0.375. The summed E-state index contributed by atoms with van der Waals surface area (Å²) in [5.74, 6) is 0.345. The number of benzene rings is 1. The summed E-state index contributed by atoms with van der Waals surface area (Å²) in [5.41, 5.74) is 1.65. The van der Waals surface area contributed by atoms with Crippen molar-refractivity contribution in [2.75, 3.05) is 19.3 Å². The summed E-state index contributed by atoms with van der Waals surface area (Å²) in [6, 6.07) is 5.33. The predicted molar refractivity (Wildman–Crippen MR) is 97.4 cm³/mol. The van der Waals surface area contributed by atoms with Crippen molar-refractivity contribution in [3.63, 3.8) is 0 Å². The molecular weight excluding hydrogens is 378 g/mol. The van der Waals surface area contributed by atoms with E-state index in [1.54, 1.807) is 31.2 Å². The first kappa shape index (κ1) is 18.5. The van der Waals surface area contributed by atoms with Gasteiger partial charge in [-0.1, -0.05) is 17.7 Å². The molecule has 0 saturated carbocycles. The van der Waals surface area contributed by atoms with Crippen LogP contribution in [-0.4, -0.2) is 64.0 Å². The van der Waals surface area contributed by atoms with Gasteiger partial charge in [0.2, 0.25) is 5.91 Å². The molecule has 10 heteroatoms. The largest absolute Gasteiger partial charge is 0.336 e. The number of rotatable bonds is 5. The number of hydrogen-bond donors (Lipinski definition) is 0. The van der Waals surface area contributed by atoms with Gasteiger partial charge >= 0.3 is 0 Å². The van der Waals surface area contributed by atoms with Crippen LogP contribution in [0.1, 0.15) is 17.0 Å². The molecule has 1 fully saturated rings. The molecule has 3 rings (SSSR count). The quantitative estimate of drug-likeness (QED) is 0.699. The van der Waals surface area contributed by atoms with E-state index in [1.165, 1.54) is 22.0 Å². The molecular formula is C16H18ClN5O3S. The zero-order valence-electron chi connectivity index (χ0n) is 14.3. The lowest BCUT2D eigenvalue weighted by Crippen LogP contribution is -2.56. The van der Waals surface area contributed by atoms with Gasteiger partial charge in [0.05, 0.1) is 11.8 Å². The van der Waals surface area contributed by atoms with Crippen molar-refractivity contribution >= 4 is 33.4 Å².